The number of carbonyl (C=O) groups excluding carboxylic acids is 1. The first kappa shape index (κ1) is 13.7. The summed E-state index contributed by atoms with van der Waals surface area (Å²) >= 11 is 1.20. The van der Waals surface area contributed by atoms with Crippen LogP contribution in [0.15, 0.2) is 12.3 Å². The van der Waals surface area contributed by atoms with Crippen molar-refractivity contribution >= 4 is 28.7 Å². The summed E-state index contributed by atoms with van der Waals surface area (Å²) in [5.74, 6) is 1.16. The first-order valence-corrected chi connectivity index (χ1v) is 6.53. The van der Waals surface area contributed by atoms with Crippen molar-refractivity contribution in [2.24, 2.45) is 0 Å². The molecular weight excluding hydrogens is 234 g/mol. The van der Waals surface area contributed by atoms with Gasteiger partial charge in [-0.2, -0.15) is 0 Å². The van der Waals surface area contributed by atoms with Crippen molar-refractivity contribution in [2.75, 3.05) is 5.75 Å². The number of nitrogens with one attached hydrogen (secondary N) is 2. The van der Waals surface area contributed by atoms with Gasteiger partial charge in [0.1, 0.15) is 5.82 Å². The minimum absolute atomic E-state index is 0.152. The van der Waals surface area contributed by atoms with Crippen LogP contribution in [0.25, 0.3) is 6.08 Å². The molecule has 1 aromatic rings. The van der Waals surface area contributed by atoms with Gasteiger partial charge in [0.15, 0.2) is 5.12 Å². The van der Waals surface area contributed by atoms with E-state index in [0.717, 1.165) is 17.9 Å². The predicted octanol–water partition coefficient (Wildman–Crippen LogP) is 2.81. The van der Waals surface area contributed by atoms with Crippen molar-refractivity contribution < 1.29 is 4.79 Å². The summed E-state index contributed by atoms with van der Waals surface area (Å²) in [6.45, 7) is 3.90. The van der Waals surface area contributed by atoms with Crippen LogP contribution >= 0.6 is 11.8 Å². The fraction of sp³-hybridized carbons (Fsp3) is 0.417. The number of carbonyl (C=O) groups is 1. The van der Waals surface area contributed by atoms with Crippen LogP contribution in [0.2, 0.25) is 0 Å². The van der Waals surface area contributed by atoms with E-state index in [1.54, 1.807) is 18.3 Å². The zero-order chi connectivity index (χ0) is 12.7. The Labute approximate surface area is 105 Å². The molecule has 2 N–H and O–H groups in total. The fourth-order valence-corrected chi connectivity index (χ4v) is 1.94. The molecule has 0 atom stereocenters. The molecule has 0 saturated carbocycles. The third-order valence-corrected chi connectivity index (χ3v) is 2.99. The Bertz CT molecular complexity index is 423. The van der Waals surface area contributed by atoms with Crippen molar-refractivity contribution in [3.8, 4) is 0 Å². The van der Waals surface area contributed by atoms with E-state index >= 15 is 0 Å². The number of imidazole rings is 1. The molecule has 0 spiro atoms. The third kappa shape index (κ3) is 5.49. The van der Waals surface area contributed by atoms with E-state index in [9.17, 15) is 4.79 Å². The van der Waals surface area contributed by atoms with E-state index < -0.39 is 0 Å². The Balaban J connectivity index is 2.34. The summed E-state index contributed by atoms with van der Waals surface area (Å²) in [6, 6.07) is 0. The normalized spacial score (nSPS) is 10.9. The lowest BCUT2D eigenvalue weighted by molar-refractivity contribution is -0.111. The van der Waals surface area contributed by atoms with Gasteiger partial charge in [-0.1, -0.05) is 18.7 Å². The van der Waals surface area contributed by atoms with Gasteiger partial charge in [0.25, 0.3) is 0 Å². The fourth-order valence-electron chi connectivity index (χ4n) is 1.18. The Morgan fingerprint density at radius 3 is 3.00 bits per heavy atom. The van der Waals surface area contributed by atoms with Crippen molar-refractivity contribution in [3.05, 3.63) is 23.8 Å². The quantitative estimate of drug-likeness (QED) is 0.764. The largest absolute Gasteiger partial charge is 0.343 e. The standard InChI is InChI=1S/C12H17N3OS/c1-3-4-12(16)17-8-10(13)5-6-11-14-7-9(2)15-11/h5-7,13H,3-4,8H2,1-2H3,(H,14,15)/b6-5-,13-10?. The number of hydrogen-bond donors (Lipinski definition) is 2. The number of aryl methyl sites for hydroxylation is 1. The van der Waals surface area contributed by atoms with Crippen LogP contribution in [0.5, 0.6) is 0 Å². The van der Waals surface area contributed by atoms with Crippen LogP contribution < -0.4 is 0 Å². The molecule has 92 valence electrons. The monoisotopic (exact) mass is 251 g/mol. The lowest BCUT2D eigenvalue weighted by Crippen LogP contribution is -2.00. The van der Waals surface area contributed by atoms with Gasteiger partial charge in [-0.3, -0.25) is 4.79 Å². The lowest BCUT2D eigenvalue weighted by Gasteiger charge is -1.97. The van der Waals surface area contributed by atoms with E-state index in [4.69, 9.17) is 5.41 Å². The topological polar surface area (TPSA) is 69.6 Å². The molecule has 17 heavy (non-hydrogen) atoms. The highest BCUT2D eigenvalue weighted by atomic mass is 32.2. The second-order valence-corrected chi connectivity index (χ2v) is 4.75. The zero-order valence-corrected chi connectivity index (χ0v) is 10.9. The molecule has 0 saturated heterocycles. The first-order chi connectivity index (χ1) is 8.11. The molecule has 5 heteroatoms. The molecule has 4 nitrogen and oxygen atoms in total. The molecule has 0 aliphatic carbocycles. The molecular formula is C12H17N3OS. The summed E-state index contributed by atoms with van der Waals surface area (Å²) in [4.78, 5) is 18.4. The number of nitrogens with zero attached hydrogens (tertiary/aromatic N) is 1. The number of aromatic nitrogens is 2. The van der Waals surface area contributed by atoms with Gasteiger partial charge >= 0.3 is 0 Å². The second-order valence-electron chi connectivity index (χ2n) is 3.72. The Hall–Kier alpha value is -1.36. The minimum Gasteiger partial charge on any atom is -0.343 e. The Morgan fingerprint density at radius 2 is 2.41 bits per heavy atom. The van der Waals surface area contributed by atoms with Gasteiger partial charge in [0, 0.05) is 29.8 Å². The predicted molar refractivity (Wildman–Crippen MR) is 72.5 cm³/mol. The molecule has 1 rings (SSSR count). The molecule has 0 aliphatic rings. The van der Waals surface area contributed by atoms with Gasteiger partial charge in [-0.25, -0.2) is 4.98 Å². The van der Waals surface area contributed by atoms with Gasteiger partial charge in [-0.15, -0.1) is 0 Å². The maximum Gasteiger partial charge on any atom is 0.189 e. The van der Waals surface area contributed by atoms with Gasteiger partial charge < -0.3 is 10.4 Å². The number of allylic oxidation sites excluding steroid dienone is 1. The van der Waals surface area contributed by atoms with E-state index in [1.165, 1.54) is 11.8 Å². The third-order valence-electron chi connectivity index (χ3n) is 2.01. The van der Waals surface area contributed by atoms with Crippen LogP contribution in [-0.4, -0.2) is 26.5 Å². The summed E-state index contributed by atoms with van der Waals surface area (Å²) in [7, 11) is 0. The van der Waals surface area contributed by atoms with Gasteiger partial charge in [-0.05, 0) is 25.5 Å². The van der Waals surface area contributed by atoms with Crippen molar-refractivity contribution in [2.45, 2.75) is 26.7 Å². The molecule has 1 aromatic heterocycles. The number of hydrogen-bond acceptors (Lipinski definition) is 4. The van der Waals surface area contributed by atoms with E-state index in [2.05, 4.69) is 9.97 Å². The molecule has 0 amide bonds. The summed E-state index contributed by atoms with van der Waals surface area (Å²) in [5, 5.41) is 7.82. The Kier molecular flexibility index (Phi) is 5.69. The summed E-state index contributed by atoms with van der Waals surface area (Å²) < 4.78 is 0. The van der Waals surface area contributed by atoms with Gasteiger partial charge in [0.05, 0.1) is 0 Å². The van der Waals surface area contributed by atoms with Crippen LogP contribution in [-0.2, 0) is 4.79 Å². The SMILES string of the molecule is CCCC(=O)SCC(=N)/C=C\c1ncc(C)[nH]1. The number of rotatable bonds is 6. The molecule has 0 unspecified atom stereocenters. The average molecular weight is 251 g/mol. The first-order valence-electron chi connectivity index (χ1n) is 5.54. The summed E-state index contributed by atoms with van der Waals surface area (Å²) in [6.07, 6.45) is 6.60. The lowest BCUT2D eigenvalue weighted by atomic mass is 10.3. The molecule has 0 bridgehead atoms. The second kappa shape index (κ2) is 7.06. The maximum absolute atomic E-state index is 11.2. The van der Waals surface area contributed by atoms with Gasteiger partial charge in [0.2, 0.25) is 0 Å². The van der Waals surface area contributed by atoms with Crippen molar-refractivity contribution in [1.82, 2.24) is 9.97 Å². The molecule has 0 aromatic carbocycles. The van der Waals surface area contributed by atoms with Crippen LogP contribution in [0.1, 0.15) is 31.3 Å². The highest BCUT2D eigenvalue weighted by Crippen LogP contribution is 2.08. The Morgan fingerprint density at radius 1 is 1.65 bits per heavy atom. The smallest absolute Gasteiger partial charge is 0.189 e. The molecule has 0 radical (unpaired) electrons. The van der Waals surface area contributed by atoms with E-state index in [0.29, 0.717) is 17.9 Å². The minimum atomic E-state index is 0.152. The average Bonchev–Trinajstić information content (AvgIpc) is 2.70. The number of thioether (sulfide) groups is 1. The number of aromatic amines is 1. The van der Waals surface area contributed by atoms with Crippen LogP contribution in [0.3, 0.4) is 0 Å². The van der Waals surface area contributed by atoms with Crippen LogP contribution in [0, 0.1) is 12.3 Å². The van der Waals surface area contributed by atoms with Crippen molar-refractivity contribution in [1.29, 1.82) is 5.41 Å². The van der Waals surface area contributed by atoms with Crippen LogP contribution in [0.4, 0.5) is 0 Å². The highest BCUT2D eigenvalue weighted by molar-refractivity contribution is 8.14. The maximum atomic E-state index is 11.2. The highest BCUT2D eigenvalue weighted by Gasteiger charge is 2.02. The summed E-state index contributed by atoms with van der Waals surface area (Å²) in [5.41, 5.74) is 1.41. The van der Waals surface area contributed by atoms with E-state index in [-0.39, 0.29) is 5.12 Å². The van der Waals surface area contributed by atoms with E-state index in [1.807, 2.05) is 13.8 Å². The molecule has 0 fully saturated rings. The zero-order valence-electron chi connectivity index (χ0n) is 10.1. The molecule has 1 heterocycles. The van der Waals surface area contributed by atoms with Crippen molar-refractivity contribution in [3.63, 3.8) is 0 Å². The molecule has 0 aliphatic heterocycles. The number of H-pyrrole nitrogens is 1.